The van der Waals surface area contributed by atoms with Crippen molar-refractivity contribution in [3.63, 3.8) is 0 Å². The van der Waals surface area contributed by atoms with Crippen molar-refractivity contribution in [1.29, 1.82) is 0 Å². The zero-order valence-electron chi connectivity index (χ0n) is 10.9. The van der Waals surface area contributed by atoms with Crippen molar-refractivity contribution in [2.24, 2.45) is 0 Å². The summed E-state index contributed by atoms with van der Waals surface area (Å²) in [5.74, 6) is -0.608. The summed E-state index contributed by atoms with van der Waals surface area (Å²) in [6.07, 6.45) is 1.40. The van der Waals surface area contributed by atoms with E-state index in [0.717, 1.165) is 6.42 Å². The minimum absolute atomic E-state index is 0.148. The van der Waals surface area contributed by atoms with Crippen molar-refractivity contribution >= 4 is 23.5 Å². The molecular formula is C14H16ClNO4. The molecule has 1 amide bonds. The number of carboxylic acids is 1. The molecule has 0 aliphatic carbocycles. The molecule has 0 radical (unpaired) electrons. The van der Waals surface area contributed by atoms with E-state index in [1.807, 2.05) is 0 Å². The molecule has 1 unspecified atom stereocenters. The van der Waals surface area contributed by atoms with Crippen molar-refractivity contribution in [3.8, 4) is 5.75 Å². The number of aliphatic carboxylic acids is 1. The topological polar surface area (TPSA) is 66.8 Å². The van der Waals surface area contributed by atoms with Gasteiger partial charge in [-0.2, -0.15) is 0 Å². The largest absolute Gasteiger partial charge is 0.491 e. The molecule has 1 aliphatic heterocycles. The molecular weight excluding hydrogens is 282 g/mol. The monoisotopic (exact) mass is 297 g/mol. The third-order valence-corrected chi connectivity index (χ3v) is 3.58. The summed E-state index contributed by atoms with van der Waals surface area (Å²) in [5, 5.41) is 9.52. The fraction of sp³-hybridized carbons (Fsp3) is 0.429. The molecule has 1 N–H and O–H groups in total. The molecule has 6 heteroatoms. The van der Waals surface area contributed by atoms with Crippen LogP contribution in [0.1, 0.15) is 19.3 Å². The smallest absolute Gasteiger partial charge is 0.326 e. The Morgan fingerprint density at radius 2 is 2.15 bits per heavy atom. The Hall–Kier alpha value is -1.75. The molecule has 2 rings (SSSR count). The average molecular weight is 298 g/mol. The number of hydrogen-bond donors (Lipinski definition) is 1. The molecule has 1 aliphatic rings. The van der Waals surface area contributed by atoms with Crippen LogP contribution in [0.4, 0.5) is 0 Å². The minimum Gasteiger partial charge on any atom is -0.491 e. The average Bonchev–Trinajstić information content (AvgIpc) is 2.90. The van der Waals surface area contributed by atoms with Crippen LogP contribution in [0, 0.1) is 0 Å². The number of carbonyl (C=O) groups excluding carboxylic acids is 1. The highest BCUT2D eigenvalue weighted by Crippen LogP contribution is 2.23. The lowest BCUT2D eigenvalue weighted by molar-refractivity contribution is -0.148. The fourth-order valence-electron chi connectivity index (χ4n) is 2.28. The van der Waals surface area contributed by atoms with Crippen LogP contribution in [-0.2, 0) is 9.59 Å². The molecule has 1 aromatic carbocycles. The molecule has 0 bridgehead atoms. The number of carboxylic acid groups (broad SMARTS) is 1. The Bertz CT molecular complexity index is 506. The first kappa shape index (κ1) is 14.7. The quantitative estimate of drug-likeness (QED) is 0.904. The molecule has 1 atom stereocenters. The molecule has 1 heterocycles. The van der Waals surface area contributed by atoms with Crippen molar-refractivity contribution < 1.29 is 19.4 Å². The first-order chi connectivity index (χ1) is 9.59. The van der Waals surface area contributed by atoms with Gasteiger partial charge in [-0.05, 0) is 25.0 Å². The third kappa shape index (κ3) is 3.42. The first-order valence-corrected chi connectivity index (χ1v) is 6.87. The maximum absolute atomic E-state index is 12.0. The van der Waals surface area contributed by atoms with Gasteiger partial charge in [0.1, 0.15) is 11.8 Å². The Labute approximate surface area is 122 Å². The number of halogens is 1. The van der Waals surface area contributed by atoms with Gasteiger partial charge in [-0.15, -0.1) is 0 Å². The second kappa shape index (κ2) is 6.61. The number of ether oxygens (including phenoxy) is 1. The van der Waals surface area contributed by atoms with E-state index >= 15 is 0 Å². The van der Waals surface area contributed by atoms with Gasteiger partial charge in [0.25, 0.3) is 0 Å². The van der Waals surface area contributed by atoms with E-state index in [4.69, 9.17) is 21.4 Å². The zero-order chi connectivity index (χ0) is 14.5. The van der Waals surface area contributed by atoms with E-state index < -0.39 is 12.0 Å². The summed E-state index contributed by atoms with van der Waals surface area (Å²) in [4.78, 5) is 24.4. The van der Waals surface area contributed by atoms with Gasteiger partial charge in [-0.25, -0.2) is 4.79 Å². The Balaban J connectivity index is 1.84. The van der Waals surface area contributed by atoms with Crippen LogP contribution < -0.4 is 4.74 Å². The maximum Gasteiger partial charge on any atom is 0.326 e. The number of nitrogens with zero attached hydrogens (tertiary/aromatic N) is 1. The van der Waals surface area contributed by atoms with Crippen LogP contribution >= 0.6 is 11.6 Å². The number of hydrogen-bond acceptors (Lipinski definition) is 3. The second-order valence-electron chi connectivity index (χ2n) is 4.61. The van der Waals surface area contributed by atoms with Gasteiger partial charge in [0, 0.05) is 6.54 Å². The third-order valence-electron chi connectivity index (χ3n) is 3.27. The summed E-state index contributed by atoms with van der Waals surface area (Å²) >= 11 is 5.93. The SMILES string of the molecule is O=C(O)C1CCCN1C(=O)CCOc1ccccc1Cl. The van der Waals surface area contributed by atoms with Gasteiger partial charge in [-0.3, -0.25) is 4.79 Å². The normalized spacial score (nSPS) is 18.1. The Morgan fingerprint density at radius 3 is 2.85 bits per heavy atom. The van der Waals surface area contributed by atoms with Crippen LogP contribution in [0.2, 0.25) is 5.02 Å². The summed E-state index contributed by atoms with van der Waals surface area (Å²) in [7, 11) is 0. The lowest BCUT2D eigenvalue weighted by Gasteiger charge is -2.21. The van der Waals surface area contributed by atoms with E-state index in [9.17, 15) is 9.59 Å². The van der Waals surface area contributed by atoms with Gasteiger partial charge in [0.2, 0.25) is 5.91 Å². The van der Waals surface area contributed by atoms with E-state index in [1.165, 1.54) is 4.90 Å². The Morgan fingerprint density at radius 1 is 1.40 bits per heavy atom. The maximum atomic E-state index is 12.0. The zero-order valence-corrected chi connectivity index (χ0v) is 11.7. The number of benzene rings is 1. The Kier molecular flexibility index (Phi) is 4.84. The molecule has 1 aromatic rings. The molecule has 0 saturated carbocycles. The number of likely N-dealkylation sites (tertiary alicyclic amines) is 1. The van der Waals surface area contributed by atoms with E-state index in [2.05, 4.69) is 0 Å². The van der Waals surface area contributed by atoms with Gasteiger partial charge in [0.15, 0.2) is 0 Å². The highest BCUT2D eigenvalue weighted by molar-refractivity contribution is 6.32. The number of para-hydroxylation sites is 1. The fourth-order valence-corrected chi connectivity index (χ4v) is 2.47. The summed E-state index contributed by atoms with van der Waals surface area (Å²) < 4.78 is 5.44. The number of rotatable bonds is 5. The van der Waals surface area contributed by atoms with Gasteiger partial charge in [-0.1, -0.05) is 23.7 Å². The summed E-state index contributed by atoms with van der Waals surface area (Å²) in [6, 6.07) is 6.33. The highest BCUT2D eigenvalue weighted by Gasteiger charge is 2.33. The predicted octanol–water partition coefficient (Wildman–Crippen LogP) is 2.18. The molecule has 0 spiro atoms. The summed E-state index contributed by atoms with van der Waals surface area (Å²) in [5.41, 5.74) is 0. The molecule has 1 saturated heterocycles. The van der Waals surface area contributed by atoms with Crippen molar-refractivity contribution in [2.45, 2.75) is 25.3 Å². The van der Waals surface area contributed by atoms with Crippen LogP contribution in [0.3, 0.4) is 0 Å². The van der Waals surface area contributed by atoms with Crippen molar-refractivity contribution in [1.82, 2.24) is 4.90 Å². The van der Waals surface area contributed by atoms with Gasteiger partial charge < -0.3 is 14.7 Å². The highest BCUT2D eigenvalue weighted by atomic mass is 35.5. The number of carbonyl (C=O) groups is 2. The first-order valence-electron chi connectivity index (χ1n) is 6.49. The lowest BCUT2D eigenvalue weighted by Crippen LogP contribution is -2.40. The standard InChI is InChI=1S/C14H16ClNO4/c15-10-4-1-2-6-12(10)20-9-7-13(17)16-8-3-5-11(16)14(18)19/h1-2,4,6,11H,3,5,7-9H2,(H,18,19). The molecule has 20 heavy (non-hydrogen) atoms. The van der Waals surface area contributed by atoms with E-state index in [1.54, 1.807) is 24.3 Å². The van der Waals surface area contributed by atoms with Crippen LogP contribution in [0.25, 0.3) is 0 Å². The molecule has 108 valence electrons. The van der Waals surface area contributed by atoms with Crippen molar-refractivity contribution in [3.05, 3.63) is 29.3 Å². The van der Waals surface area contributed by atoms with E-state index in [0.29, 0.717) is 23.7 Å². The lowest BCUT2D eigenvalue weighted by atomic mass is 10.2. The van der Waals surface area contributed by atoms with Crippen LogP contribution in [-0.4, -0.2) is 41.1 Å². The van der Waals surface area contributed by atoms with Crippen molar-refractivity contribution in [2.75, 3.05) is 13.2 Å². The second-order valence-corrected chi connectivity index (χ2v) is 5.02. The van der Waals surface area contributed by atoms with Crippen LogP contribution in [0.5, 0.6) is 5.75 Å². The molecule has 0 aromatic heterocycles. The summed E-state index contributed by atoms with van der Waals surface area (Å²) in [6.45, 7) is 0.688. The van der Waals surface area contributed by atoms with Crippen LogP contribution in [0.15, 0.2) is 24.3 Å². The molecule has 5 nitrogen and oxygen atoms in total. The predicted molar refractivity (Wildman–Crippen MR) is 73.9 cm³/mol. The molecule has 1 fully saturated rings. The number of amides is 1. The van der Waals surface area contributed by atoms with Gasteiger partial charge >= 0.3 is 5.97 Å². The van der Waals surface area contributed by atoms with E-state index in [-0.39, 0.29) is 18.9 Å². The van der Waals surface area contributed by atoms with Gasteiger partial charge in [0.05, 0.1) is 18.1 Å². The minimum atomic E-state index is -0.942.